The minimum atomic E-state index is 0.209. The molecule has 1 atom stereocenters. The summed E-state index contributed by atoms with van der Waals surface area (Å²) in [5.74, 6) is 1.37. The SMILES string of the molecule is CC(C)c1cc(N2CCCCC2CO)ncn1. The second kappa shape index (κ2) is 5.45. The fourth-order valence-electron chi connectivity index (χ4n) is 2.33. The molecule has 0 amide bonds. The van der Waals surface area contributed by atoms with Gasteiger partial charge in [0.05, 0.1) is 12.6 Å². The Morgan fingerprint density at radius 2 is 2.24 bits per heavy atom. The van der Waals surface area contributed by atoms with Crippen LogP contribution in [0.3, 0.4) is 0 Å². The number of aliphatic hydroxyl groups is 1. The number of nitrogens with zero attached hydrogens (tertiary/aromatic N) is 3. The van der Waals surface area contributed by atoms with Gasteiger partial charge in [-0.1, -0.05) is 13.8 Å². The largest absolute Gasteiger partial charge is 0.394 e. The van der Waals surface area contributed by atoms with Crippen molar-refractivity contribution in [3.05, 3.63) is 18.1 Å². The monoisotopic (exact) mass is 235 g/mol. The number of piperidine rings is 1. The number of hydrogen-bond donors (Lipinski definition) is 1. The second-order valence-corrected chi connectivity index (χ2v) is 4.98. The van der Waals surface area contributed by atoms with E-state index in [1.54, 1.807) is 6.33 Å². The van der Waals surface area contributed by atoms with Crippen molar-refractivity contribution in [3.8, 4) is 0 Å². The van der Waals surface area contributed by atoms with Crippen LogP contribution < -0.4 is 4.90 Å². The quantitative estimate of drug-likeness (QED) is 0.870. The van der Waals surface area contributed by atoms with E-state index in [1.807, 2.05) is 0 Å². The van der Waals surface area contributed by atoms with Crippen molar-refractivity contribution >= 4 is 5.82 Å². The van der Waals surface area contributed by atoms with Crippen LogP contribution in [-0.4, -0.2) is 34.3 Å². The van der Waals surface area contributed by atoms with Gasteiger partial charge in [-0.05, 0) is 25.2 Å². The lowest BCUT2D eigenvalue weighted by atomic mass is 10.0. The maximum absolute atomic E-state index is 9.42. The van der Waals surface area contributed by atoms with Crippen LogP contribution in [0.2, 0.25) is 0 Å². The van der Waals surface area contributed by atoms with Gasteiger partial charge in [0.1, 0.15) is 12.1 Å². The van der Waals surface area contributed by atoms with Gasteiger partial charge < -0.3 is 10.0 Å². The molecule has 1 N–H and O–H groups in total. The maximum Gasteiger partial charge on any atom is 0.132 e. The van der Waals surface area contributed by atoms with Crippen molar-refractivity contribution in [2.45, 2.75) is 45.1 Å². The summed E-state index contributed by atoms with van der Waals surface area (Å²) in [7, 11) is 0. The van der Waals surface area contributed by atoms with Crippen molar-refractivity contribution in [3.63, 3.8) is 0 Å². The molecule has 1 fully saturated rings. The first-order valence-corrected chi connectivity index (χ1v) is 6.42. The number of rotatable bonds is 3. The standard InChI is InChI=1S/C13H21N3O/c1-10(2)12-7-13(15-9-14-12)16-6-4-3-5-11(16)8-17/h7,9-11,17H,3-6,8H2,1-2H3. The van der Waals surface area contributed by atoms with Gasteiger partial charge in [-0.25, -0.2) is 9.97 Å². The number of aromatic nitrogens is 2. The summed E-state index contributed by atoms with van der Waals surface area (Å²) in [6.45, 7) is 5.46. The molecule has 1 saturated heterocycles. The van der Waals surface area contributed by atoms with Crippen LogP contribution >= 0.6 is 0 Å². The van der Waals surface area contributed by atoms with Gasteiger partial charge in [0.15, 0.2) is 0 Å². The highest BCUT2D eigenvalue weighted by atomic mass is 16.3. The van der Waals surface area contributed by atoms with E-state index in [0.717, 1.165) is 24.5 Å². The van der Waals surface area contributed by atoms with Crippen molar-refractivity contribution in [1.82, 2.24) is 9.97 Å². The summed E-state index contributed by atoms with van der Waals surface area (Å²) in [5, 5.41) is 9.42. The van der Waals surface area contributed by atoms with E-state index in [9.17, 15) is 5.11 Å². The maximum atomic E-state index is 9.42. The first-order chi connectivity index (χ1) is 8.22. The minimum absolute atomic E-state index is 0.209. The molecule has 4 heteroatoms. The zero-order valence-corrected chi connectivity index (χ0v) is 10.6. The second-order valence-electron chi connectivity index (χ2n) is 4.98. The van der Waals surface area contributed by atoms with Crippen LogP contribution in [0.5, 0.6) is 0 Å². The van der Waals surface area contributed by atoms with Crippen LogP contribution in [0.15, 0.2) is 12.4 Å². The summed E-state index contributed by atoms with van der Waals surface area (Å²) in [4.78, 5) is 10.9. The van der Waals surface area contributed by atoms with E-state index in [0.29, 0.717) is 5.92 Å². The van der Waals surface area contributed by atoms with Crippen LogP contribution in [-0.2, 0) is 0 Å². The molecular weight excluding hydrogens is 214 g/mol. The molecule has 1 aliphatic heterocycles. The third-order valence-corrected chi connectivity index (χ3v) is 3.40. The predicted molar refractivity (Wildman–Crippen MR) is 68.2 cm³/mol. The van der Waals surface area contributed by atoms with Gasteiger partial charge in [-0.3, -0.25) is 0 Å². The molecule has 94 valence electrons. The molecule has 0 bridgehead atoms. The van der Waals surface area contributed by atoms with Crippen LogP contribution in [0, 0.1) is 0 Å². The third kappa shape index (κ3) is 2.75. The lowest BCUT2D eigenvalue weighted by Gasteiger charge is -2.35. The molecule has 17 heavy (non-hydrogen) atoms. The van der Waals surface area contributed by atoms with E-state index < -0.39 is 0 Å². The van der Waals surface area contributed by atoms with Crippen molar-refractivity contribution < 1.29 is 5.11 Å². The molecule has 1 aromatic rings. The molecule has 0 saturated carbocycles. The van der Waals surface area contributed by atoms with Crippen molar-refractivity contribution in [1.29, 1.82) is 0 Å². The molecule has 1 unspecified atom stereocenters. The fraction of sp³-hybridized carbons (Fsp3) is 0.692. The Balaban J connectivity index is 2.22. The molecule has 0 radical (unpaired) electrons. The van der Waals surface area contributed by atoms with Crippen LogP contribution in [0.4, 0.5) is 5.82 Å². The van der Waals surface area contributed by atoms with E-state index in [4.69, 9.17) is 0 Å². The highest BCUT2D eigenvalue weighted by Gasteiger charge is 2.23. The van der Waals surface area contributed by atoms with Gasteiger partial charge in [0.25, 0.3) is 0 Å². The molecule has 0 spiro atoms. The Bertz CT molecular complexity index is 367. The lowest BCUT2D eigenvalue weighted by Crippen LogP contribution is -2.42. The highest BCUT2D eigenvalue weighted by Crippen LogP contribution is 2.24. The average molecular weight is 235 g/mol. The summed E-state index contributed by atoms with van der Waals surface area (Å²) >= 11 is 0. The van der Waals surface area contributed by atoms with Crippen LogP contribution in [0.25, 0.3) is 0 Å². The van der Waals surface area contributed by atoms with Gasteiger partial charge in [-0.15, -0.1) is 0 Å². The normalized spacial score (nSPS) is 20.9. The van der Waals surface area contributed by atoms with Gasteiger partial charge >= 0.3 is 0 Å². The highest BCUT2D eigenvalue weighted by molar-refractivity contribution is 5.41. The average Bonchev–Trinajstić information content (AvgIpc) is 2.39. The summed E-state index contributed by atoms with van der Waals surface area (Å²) in [6, 6.07) is 2.28. The number of anilines is 1. The lowest BCUT2D eigenvalue weighted by molar-refractivity contribution is 0.239. The van der Waals surface area contributed by atoms with E-state index in [-0.39, 0.29) is 12.6 Å². The smallest absolute Gasteiger partial charge is 0.132 e. The van der Waals surface area contributed by atoms with E-state index >= 15 is 0 Å². The first kappa shape index (κ1) is 12.3. The topological polar surface area (TPSA) is 49.2 Å². The first-order valence-electron chi connectivity index (χ1n) is 6.42. The molecule has 0 aromatic carbocycles. The van der Waals surface area contributed by atoms with Crippen LogP contribution in [0.1, 0.15) is 44.7 Å². The summed E-state index contributed by atoms with van der Waals surface area (Å²) in [6.07, 6.45) is 5.06. The Morgan fingerprint density at radius 3 is 2.94 bits per heavy atom. The third-order valence-electron chi connectivity index (χ3n) is 3.40. The Kier molecular flexibility index (Phi) is 3.94. The number of aliphatic hydroxyl groups excluding tert-OH is 1. The molecule has 2 heterocycles. The predicted octanol–water partition coefficient (Wildman–Crippen LogP) is 1.95. The Morgan fingerprint density at radius 1 is 1.41 bits per heavy atom. The fourth-order valence-corrected chi connectivity index (χ4v) is 2.33. The van der Waals surface area contributed by atoms with Gasteiger partial charge in [0, 0.05) is 18.3 Å². The van der Waals surface area contributed by atoms with Gasteiger partial charge in [-0.2, -0.15) is 0 Å². The Labute approximate surface area is 103 Å². The molecule has 2 rings (SSSR count). The summed E-state index contributed by atoms with van der Waals surface area (Å²) in [5.41, 5.74) is 1.07. The van der Waals surface area contributed by atoms with E-state index in [2.05, 4.69) is 34.8 Å². The van der Waals surface area contributed by atoms with Crippen molar-refractivity contribution in [2.75, 3.05) is 18.1 Å². The van der Waals surface area contributed by atoms with Gasteiger partial charge in [0.2, 0.25) is 0 Å². The summed E-state index contributed by atoms with van der Waals surface area (Å²) < 4.78 is 0. The zero-order valence-electron chi connectivity index (χ0n) is 10.6. The minimum Gasteiger partial charge on any atom is -0.394 e. The number of hydrogen-bond acceptors (Lipinski definition) is 4. The molecule has 1 aliphatic rings. The molecule has 1 aromatic heterocycles. The molecule has 0 aliphatic carbocycles. The van der Waals surface area contributed by atoms with Crippen molar-refractivity contribution in [2.24, 2.45) is 0 Å². The Hall–Kier alpha value is -1.16. The zero-order chi connectivity index (χ0) is 12.3. The molecule has 4 nitrogen and oxygen atoms in total. The molecular formula is C13H21N3O. The van der Waals surface area contributed by atoms with E-state index in [1.165, 1.54) is 12.8 Å².